The fraction of sp³-hybridized carbons (Fsp3) is 0.316. The third kappa shape index (κ3) is 4.48. The summed E-state index contributed by atoms with van der Waals surface area (Å²) >= 11 is 7.40. The first-order valence-corrected chi connectivity index (χ1v) is 9.77. The van der Waals surface area contributed by atoms with E-state index in [1.54, 1.807) is 17.0 Å². The van der Waals surface area contributed by atoms with E-state index in [0.29, 0.717) is 30.1 Å². The second kappa shape index (κ2) is 8.54. The molecule has 142 valence electrons. The SMILES string of the molecule is COC(=O)c1cc(NC(=O)C2CCCN(C(=O)c3cccs3)C2)ccc1Cl. The van der Waals surface area contributed by atoms with Crippen molar-refractivity contribution < 1.29 is 19.1 Å². The van der Waals surface area contributed by atoms with Gasteiger partial charge in [0.05, 0.1) is 28.5 Å². The molecule has 1 atom stereocenters. The van der Waals surface area contributed by atoms with Crippen LogP contribution < -0.4 is 5.32 Å². The zero-order chi connectivity index (χ0) is 19.4. The zero-order valence-electron chi connectivity index (χ0n) is 14.7. The molecule has 1 N–H and O–H groups in total. The molecule has 6 nitrogen and oxygen atoms in total. The van der Waals surface area contributed by atoms with Crippen molar-refractivity contribution in [2.45, 2.75) is 12.8 Å². The van der Waals surface area contributed by atoms with Crippen LogP contribution in [-0.4, -0.2) is 42.9 Å². The van der Waals surface area contributed by atoms with Gasteiger partial charge in [0.2, 0.25) is 5.91 Å². The fourth-order valence-corrected chi connectivity index (χ4v) is 3.93. The van der Waals surface area contributed by atoms with Crippen LogP contribution in [-0.2, 0) is 9.53 Å². The lowest BCUT2D eigenvalue weighted by Gasteiger charge is -2.31. The molecule has 2 heterocycles. The number of hydrogen-bond donors (Lipinski definition) is 1. The molecular formula is C19H19ClN2O4S. The van der Waals surface area contributed by atoms with Gasteiger partial charge < -0.3 is 15.0 Å². The lowest BCUT2D eigenvalue weighted by Crippen LogP contribution is -2.43. The van der Waals surface area contributed by atoms with E-state index in [0.717, 1.165) is 6.42 Å². The van der Waals surface area contributed by atoms with E-state index >= 15 is 0 Å². The van der Waals surface area contributed by atoms with Gasteiger partial charge in [0.1, 0.15) is 0 Å². The number of anilines is 1. The molecule has 1 aromatic heterocycles. The Bertz CT molecular complexity index is 853. The van der Waals surface area contributed by atoms with Crippen LogP contribution in [0.2, 0.25) is 5.02 Å². The van der Waals surface area contributed by atoms with Crippen LogP contribution in [0.1, 0.15) is 32.9 Å². The summed E-state index contributed by atoms with van der Waals surface area (Å²) in [4.78, 5) is 39.3. The highest BCUT2D eigenvalue weighted by Crippen LogP contribution is 2.24. The quantitative estimate of drug-likeness (QED) is 0.786. The summed E-state index contributed by atoms with van der Waals surface area (Å²) in [5, 5.41) is 4.93. The van der Waals surface area contributed by atoms with Crippen LogP contribution in [0.3, 0.4) is 0 Å². The predicted octanol–water partition coefficient (Wildman–Crippen LogP) is 3.68. The van der Waals surface area contributed by atoms with Gasteiger partial charge >= 0.3 is 5.97 Å². The summed E-state index contributed by atoms with van der Waals surface area (Å²) in [5.41, 5.74) is 0.654. The standard InChI is InChI=1S/C19H19ClN2O4S/c1-26-19(25)14-10-13(6-7-15(14)20)21-17(23)12-4-2-8-22(11-12)18(24)16-5-3-9-27-16/h3,5-7,9-10,12H,2,4,8,11H2,1H3,(H,21,23). The van der Waals surface area contributed by atoms with Gasteiger partial charge in [-0.3, -0.25) is 9.59 Å². The van der Waals surface area contributed by atoms with Crippen LogP contribution in [0.5, 0.6) is 0 Å². The number of nitrogens with one attached hydrogen (secondary N) is 1. The van der Waals surface area contributed by atoms with Crippen LogP contribution in [0.25, 0.3) is 0 Å². The van der Waals surface area contributed by atoms with Gasteiger partial charge in [-0.15, -0.1) is 11.3 Å². The normalized spacial score (nSPS) is 16.7. The lowest BCUT2D eigenvalue weighted by molar-refractivity contribution is -0.121. The summed E-state index contributed by atoms with van der Waals surface area (Å²) in [6, 6.07) is 8.29. The molecule has 1 aliphatic rings. The Kier molecular flexibility index (Phi) is 6.13. The maximum Gasteiger partial charge on any atom is 0.339 e. The summed E-state index contributed by atoms with van der Waals surface area (Å²) in [5.74, 6) is -1.10. The van der Waals surface area contributed by atoms with Gasteiger partial charge in [-0.1, -0.05) is 17.7 Å². The second-order valence-corrected chi connectivity index (χ2v) is 7.60. The molecule has 8 heteroatoms. The lowest BCUT2D eigenvalue weighted by atomic mass is 9.96. The fourth-order valence-electron chi connectivity index (χ4n) is 3.05. The number of carbonyl (C=O) groups excluding carboxylic acids is 3. The molecule has 3 rings (SSSR count). The van der Waals surface area contributed by atoms with E-state index in [4.69, 9.17) is 11.6 Å². The van der Waals surface area contributed by atoms with E-state index < -0.39 is 5.97 Å². The molecule has 1 aromatic carbocycles. The van der Waals surface area contributed by atoms with Crippen molar-refractivity contribution in [3.05, 3.63) is 51.2 Å². The number of amides is 2. The molecular weight excluding hydrogens is 388 g/mol. The summed E-state index contributed by atoms with van der Waals surface area (Å²) in [6.45, 7) is 1.02. The highest BCUT2D eigenvalue weighted by Gasteiger charge is 2.29. The smallest absolute Gasteiger partial charge is 0.339 e. The van der Waals surface area contributed by atoms with Crippen molar-refractivity contribution in [3.8, 4) is 0 Å². The van der Waals surface area contributed by atoms with Crippen LogP contribution in [0.4, 0.5) is 5.69 Å². The third-order valence-electron chi connectivity index (χ3n) is 4.45. The number of hydrogen-bond acceptors (Lipinski definition) is 5. The molecule has 0 spiro atoms. The maximum absolute atomic E-state index is 12.7. The Labute approximate surface area is 166 Å². The first-order chi connectivity index (χ1) is 13.0. The summed E-state index contributed by atoms with van der Waals surface area (Å²) in [7, 11) is 1.27. The Morgan fingerprint density at radius 3 is 2.81 bits per heavy atom. The number of nitrogens with zero attached hydrogens (tertiary/aromatic N) is 1. The van der Waals surface area contributed by atoms with E-state index in [1.165, 1.54) is 30.6 Å². The number of rotatable bonds is 4. The molecule has 0 radical (unpaired) electrons. The van der Waals surface area contributed by atoms with Crippen molar-refractivity contribution in [1.29, 1.82) is 0 Å². The minimum absolute atomic E-state index is 0.0398. The van der Waals surface area contributed by atoms with E-state index in [-0.39, 0.29) is 28.3 Å². The highest BCUT2D eigenvalue weighted by molar-refractivity contribution is 7.12. The molecule has 2 amide bonds. The first kappa shape index (κ1) is 19.4. The van der Waals surface area contributed by atoms with Crippen LogP contribution in [0, 0.1) is 5.92 Å². The molecule has 1 unspecified atom stereocenters. The number of carbonyl (C=O) groups is 3. The van der Waals surface area contributed by atoms with E-state index in [1.807, 2.05) is 11.4 Å². The molecule has 2 aromatic rings. The summed E-state index contributed by atoms with van der Waals surface area (Å²) < 4.78 is 4.69. The largest absolute Gasteiger partial charge is 0.465 e. The third-order valence-corrected chi connectivity index (χ3v) is 5.64. The van der Waals surface area contributed by atoms with E-state index in [2.05, 4.69) is 10.1 Å². The minimum atomic E-state index is -0.568. The molecule has 1 aliphatic heterocycles. The number of ether oxygens (including phenoxy) is 1. The van der Waals surface area contributed by atoms with Crippen LogP contribution in [0.15, 0.2) is 35.7 Å². The average molecular weight is 407 g/mol. The monoisotopic (exact) mass is 406 g/mol. The summed E-state index contributed by atoms with van der Waals surface area (Å²) in [6.07, 6.45) is 1.47. The molecule has 1 saturated heterocycles. The topological polar surface area (TPSA) is 75.7 Å². The van der Waals surface area contributed by atoms with Gasteiger partial charge in [-0.2, -0.15) is 0 Å². The van der Waals surface area contributed by atoms with Crippen molar-refractivity contribution in [1.82, 2.24) is 4.90 Å². The zero-order valence-corrected chi connectivity index (χ0v) is 16.3. The highest BCUT2D eigenvalue weighted by atomic mass is 35.5. The Hall–Kier alpha value is -2.38. The molecule has 1 fully saturated rings. The number of piperidine rings is 1. The number of esters is 1. The Morgan fingerprint density at radius 2 is 2.11 bits per heavy atom. The van der Waals surface area contributed by atoms with Crippen molar-refractivity contribution >= 4 is 46.4 Å². The molecule has 27 heavy (non-hydrogen) atoms. The number of methoxy groups -OCH3 is 1. The molecule has 0 saturated carbocycles. The van der Waals surface area contributed by atoms with E-state index in [9.17, 15) is 14.4 Å². The number of benzene rings is 1. The van der Waals surface area contributed by atoms with Gasteiger partial charge in [-0.05, 0) is 42.5 Å². The van der Waals surface area contributed by atoms with Gasteiger partial charge in [0, 0.05) is 18.8 Å². The van der Waals surface area contributed by atoms with Gasteiger partial charge in [0.15, 0.2) is 0 Å². The van der Waals surface area contributed by atoms with Crippen molar-refractivity contribution in [3.63, 3.8) is 0 Å². The van der Waals surface area contributed by atoms with Crippen LogP contribution >= 0.6 is 22.9 Å². The molecule has 0 aliphatic carbocycles. The second-order valence-electron chi connectivity index (χ2n) is 6.24. The Balaban J connectivity index is 1.67. The number of thiophene rings is 1. The molecule has 0 bridgehead atoms. The van der Waals surface area contributed by atoms with Crippen molar-refractivity contribution in [2.75, 3.05) is 25.5 Å². The average Bonchev–Trinajstić information content (AvgIpc) is 3.23. The van der Waals surface area contributed by atoms with Gasteiger partial charge in [0.25, 0.3) is 5.91 Å². The predicted molar refractivity (Wildman–Crippen MR) is 104 cm³/mol. The number of likely N-dealkylation sites (tertiary alicyclic amines) is 1. The number of halogens is 1. The minimum Gasteiger partial charge on any atom is -0.465 e. The van der Waals surface area contributed by atoms with Gasteiger partial charge in [-0.25, -0.2) is 4.79 Å². The maximum atomic E-state index is 12.7. The Morgan fingerprint density at radius 1 is 1.30 bits per heavy atom. The first-order valence-electron chi connectivity index (χ1n) is 8.51. The van der Waals surface area contributed by atoms with Crippen molar-refractivity contribution in [2.24, 2.45) is 5.92 Å².